The smallest absolute Gasteiger partial charge is 0.126 e. The molecule has 2 atom stereocenters. The first kappa shape index (κ1) is 15.3. The number of rotatable bonds is 6. The monoisotopic (exact) mass is 280 g/mol. The maximum Gasteiger partial charge on any atom is 0.126 e. The highest BCUT2D eigenvalue weighted by Crippen LogP contribution is 2.41. The maximum atomic E-state index is 13.2. The lowest BCUT2D eigenvalue weighted by Crippen LogP contribution is -2.38. The van der Waals surface area contributed by atoms with Crippen molar-refractivity contribution in [2.24, 2.45) is 0 Å². The molecule has 0 aromatic heterocycles. The third kappa shape index (κ3) is 3.72. The number of aliphatic hydroxyl groups excluding tert-OH is 1. The van der Waals surface area contributed by atoms with Gasteiger partial charge < -0.3 is 9.84 Å². The number of aliphatic hydroxyl groups is 1. The minimum atomic E-state index is -0.630. The zero-order valence-corrected chi connectivity index (χ0v) is 12.5. The molecule has 0 saturated carbocycles. The molecule has 0 bridgehead atoms. The lowest BCUT2D eigenvalue weighted by Gasteiger charge is -2.38. The molecule has 1 heterocycles. The summed E-state index contributed by atoms with van der Waals surface area (Å²) in [6, 6.07) is 4.39. The molecule has 1 N–H and O–H groups in total. The molecular weight excluding hydrogens is 255 g/mol. The first-order valence-electron chi connectivity index (χ1n) is 7.70. The van der Waals surface area contributed by atoms with Crippen molar-refractivity contribution in [2.45, 2.75) is 70.5 Å². The van der Waals surface area contributed by atoms with Gasteiger partial charge in [0.1, 0.15) is 17.2 Å². The Kier molecular flexibility index (Phi) is 5.03. The SMILES string of the molecule is CCCCCCCC1(C)CC(O)c2cc(F)ccc2O1. The third-order valence-corrected chi connectivity index (χ3v) is 4.12. The Balaban J connectivity index is 1.96. The van der Waals surface area contributed by atoms with E-state index in [1.165, 1.54) is 37.8 Å². The topological polar surface area (TPSA) is 29.5 Å². The summed E-state index contributed by atoms with van der Waals surface area (Å²) in [4.78, 5) is 0. The van der Waals surface area contributed by atoms with Crippen LogP contribution in [0.25, 0.3) is 0 Å². The fourth-order valence-electron chi connectivity index (χ4n) is 2.95. The molecule has 2 unspecified atom stereocenters. The highest BCUT2D eigenvalue weighted by molar-refractivity contribution is 5.38. The van der Waals surface area contributed by atoms with E-state index in [0.717, 1.165) is 12.8 Å². The average molecular weight is 280 g/mol. The maximum absolute atomic E-state index is 13.2. The molecule has 1 aliphatic rings. The van der Waals surface area contributed by atoms with Gasteiger partial charge in [-0.05, 0) is 38.0 Å². The van der Waals surface area contributed by atoms with Crippen LogP contribution in [-0.2, 0) is 0 Å². The van der Waals surface area contributed by atoms with Crippen molar-refractivity contribution in [3.8, 4) is 5.75 Å². The zero-order chi connectivity index (χ0) is 14.6. The van der Waals surface area contributed by atoms with Crippen molar-refractivity contribution in [3.63, 3.8) is 0 Å². The van der Waals surface area contributed by atoms with E-state index in [9.17, 15) is 9.50 Å². The van der Waals surface area contributed by atoms with E-state index in [-0.39, 0.29) is 11.4 Å². The average Bonchev–Trinajstić information content (AvgIpc) is 2.39. The van der Waals surface area contributed by atoms with E-state index in [2.05, 4.69) is 6.92 Å². The lowest BCUT2D eigenvalue weighted by atomic mass is 9.86. The van der Waals surface area contributed by atoms with Crippen molar-refractivity contribution in [3.05, 3.63) is 29.6 Å². The van der Waals surface area contributed by atoms with Gasteiger partial charge in [0.05, 0.1) is 6.10 Å². The first-order valence-corrected chi connectivity index (χ1v) is 7.70. The van der Waals surface area contributed by atoms with Crippen molar-refractivity contribution in [2.75, 3.05) is 0 Å². The van der Waals surface area contributed by atoms with Gasteiger partial charge in [-0.15, -0.1) is 0 Å². The van der Waals surface area contributed by atoms with Gasteiger partial charge in [0, 0.05) is 12.0 Å². The molecule has 112 valence electrons. The summed E-state index contributed by atoms with van der Waals surface area (Å²) in [6.07, 6.45) is 6.95. The van der Waals surface area contributed by atoms with Gasteiger partial charge in [-0.1, -0.05) is 32.6 Å². The van der Waals surface area contributed by atoms with E-state index < -0.39 is 6.10 Å². The molecule has 0 spiro atoms. The van der Waals surface area contributed by atoms with Gasteiger partial charge in [0.25, 0.3) is 0 Å². The fourth-order valence-corrected chi connectivity index (χ4v) is 2.95. The fraction of sp³-hybridized carbons (Fsp3) is 0.647. The molecule has 0 radical (unpaired) electrons. The quantitative estimate of drug-likeness (QED) is 0.761. The molecule has 0 fully saturated rings. The van der Waals surface area contributed by atoms with Gasteiger partial charge in [-0.25, -0.2) is 4.39 Å². The van der Waals surface area contributed by atoms with Gasteiger partial charge in [0.15, 0.2) is 0 Å². The highest BCUT2D eigenvalue weighted by Gasteiger charge is 2.36. The van der Waals surface area contributed by atoms with Gasteiger partial charge in [0.2, 0.25) is 0 Å². The van der Waals surface area contributed by atoms with E-state index in [1.54, 1.807) is 6.07 Å². The van der Waals surface area contributed by atoms with Gasteiger partial charge >= 0.3 is 0 Å². The Bertz CT molecular complexity index is 447. The number of benzene rings is 1. The van der Waals surface area contributed by atoms with Crippen LogP contribution in [-0.4, -0.2) is 10.7 Å². The van der Waals surface area contributed by atoms with Crippen LogP contribution in [0.15, 0.2) is 18.2 Å². The van der Waals surface area contributed by atoms with Crippen LogP contribution in [0.3, 0.4) is 0 Å². The number of unbranched alkanes of at least 4 members (excludes halogenated alkanes) is 4. The second kappa shape index (κ2) is 6.57. The summed E-state index contributed by atoms with van der Waals surface area (Å²) >= 11 is 0. The molecule has 0 aliphatic carbocycles. The van der Waals surface area contributed by atoms with Crippen LogP contribution in [0.5, 0.6) is 5.75 Å². The first-order chi connectivity index (χ1) is 9.54. The molecule has 0 saturated heterocycles. The molecule has 3 heteroatoms. The number of fused-ring (bicyclic) bond motifs is 1. The molecule has 1 aromatic carbocycles. The minimum Gasteiger partial charge on any atom is -0.487 e. The van der Waals surface area contributed by atoms with Crippen molar-refractivity contribution >= 4 is 0 Å². The van der Waals surface area contributed by atoms with E-state index in [4.69, 9.17) is 4.74 Å². The zero-order valence-electron chi connectivity index (χ0n) is 12.5. The van der Waals surface area contributed by atoms with Crippen LogP contribution in [0.2, 0.25) is 0 Å². The third-order valence-electron chi connectivity index (χ3n) is 4.12. The van der Waals surface area contributed by atoms with Crippen molar-refractivity contribution in [1.29, 1.82) is 0 Å². The molecule has 1 aromatic rings. The lowest BCUT2D eigenvalue weighted by molar-refractivity contribution is -0.00874. The Hall–Kier alpha value is -1.09. The van der Waals surface area contributed by atoms with E-state index in [1.807, 2.05) is 6.92 Å². The minimum absolute atomic E-state index is 0.324. The van der Waals surface area contributed by atoms with Crippen molar-refractivity contribution < 1.29 is 14.2 Å². The number of hydrogen-bond acceptors (Lipinski definition) is 2. The molecule has 2 nitrogen and oxygen atoms in total. The Morgan fingerprint density at radius 1 is 1.30 bits per heavy atom. The summed E-state index contributed by atoms with van der Waals surface area (Å²) in [5, 5.41) is 10.2. The number of halogens is 1. The second-order valence-electron chi connectivity index (χ2n) is 6.12. The Morgan fingerprint density at radius 2 is 2.05 bits per heavy atom. The van der Waals surface area contributed by atoms with Crippen molar-refractivity contribution in [1.82, 2.24) is 0 Å². The molecule has 0 amide bonds. The van der Waals surface area contributed by atoms with Crippen LogP contribution in [0.4, 0.5) is 4.39 Å². The molecule has 1 aliphatic heterocycles. The summed E-state index contributed by atoms with van der Waals surface area (Å²) < 4.78 is 19.2. The van der Waals surface area contributed by atoms with Crippen LogP contribution in [0.1, 0.15) is 70.5 Å². The van der Waals surface area contributed by atoms with Gasteiger partial charge in [-0.3, -0.25) is 0 Å². The summed E-state index contributed by atoms with van der Waals surface area (Å²) in [5.74, 6) is 0.302. The van der Waals surface area contributed by atoms with Crippen LogP contribution < -0.4 is 4.74 Å². The predicted octanol–water partition coefficient (Wildman–Crippen LogP) is 4.76. The predicted molar refractivity (Wildman–Crippen MR) is 78.4 cm³/mol. The Labute approximate surface area is 121 Å². The molecule has 20 heavy (non-hydrogen) atoms. The highest BCUT2D eigenvalue weighted by atomic mass is 19.1. The molecular formula is C17H25FO2. The second-order valence-corrected chi connectivity index (χ2v) is 6.12. The largest absolute Gasteiger partial charge is 0.487 e. The van der Waals surface area contributed by atoms with Crippen LogP contribution in [0, 0.1) is 5.82 Å². The standard InChI is InChI=1S/C17H25FO2/c1-3-4-5-6-7-10-17(2)12-15(19)14-11-13(18)8-9-16(14)20-17/h8-9,11,15,19H,3-7,10,12H2,1-2H3. The Morgan fingerprint density at radius 3 is 2.80 bits per heavy atom. The van der Waals surface area contributed by atoms with Gasteiger partial charge in [-0.2, -0.15) is 0 Å². The number of ether oxygens (including phenoxy) is 1. The normalized spacial score (nSPS) is 25.1. The van der Waals surface area contributed by atoms with E-state index in [0.29, 0.717) is 17.7 Å². The van der Waals surface area contributed by atoms with Crippen LogP contribution >= 0.6 is 0 Å². The molecule has 2 rings (SSSR count). The summed E-state index contributed by atoms with van der Waals surface area (Å²) in [7, 11) is 0. The van der Waals surface area contributed by atoms with E-state index >= 15 is 0 Å². The summed E-state index contributed by atoms with van der Waals surface area (Å²) in [6.45, 7) is 4.25. The number of hydrogen-bond donors (Lipinski definition) is 1. The summed E-state index contributed by atoms with van der Waals surface area (Å²) in [5.41, 5.74) is 0.240.